The fourth-order valence-corrected chi connectivity index (χ4v) is 3.32. The van der Waals surface area contributed by atoms with Crippen LogP contribution in [0.3, 0.4) is 0 Å². The van der Waals surface area contributed by atoms with Crippen molar-refractivity contribution in [3.63, 3.8) is 0 Å². The highest BCUT2D eigenvalue weighted by Gasteiger charge is 2.40. The standard InChI is InChI=1S/C15H26O2/c1-10-8-11(2)13(12(3)9-10)14-16-7-6-15(4,5)17-14/h8,11-14H,6-7,9H2,1-5H3/t11-,12+,13-,14-/m0/s1. The Kier molecular flexibility index (Phi) is 3.65. The minimum Gasteiger partial charge on any atom is -0.352 e. The Morgan fingerprint density at radius 1 is 1.29 bits per heavy atom. The van der Waals surface area contributed by atoms with Crippen molar-refractivity contribution in [3.8, 4) is 0 Å². The molecular weight excluding hydrogens is 212 g/mol. The number of hydrogen-bond acceptors (Lipinski definition) is 2. The first kappa shape index (κ1) is 13.1. The number of rotatable bonds is 1. The van der Waals surface area contributed by atoms with Crippen LogP contribution in [0.1, 0.15) is 47.5 Å². The van der Waals surface area contributed by atoms with Gasteiger partial charge in [-0.25, -0.2) is 0 Å². The van der Waals surface area contributed by atoms with Gasteiger partial charge < -0.3 is 9.47 Å². The molecule has 2 rings (SSSR count). The van der Waals surface area contributed by atoms with Gasteiger partial charge in [-0.05, 0) is 45.4 Å². The minimum atomic E-state index is -0.0292. The second kappa shape index (κ2) is 4.74. The van der Waals surface area contributed by atoms with Crippen molar-refractivity contribution >= 4 is 0 Å². The van der Waals surface area contributed by atoms with E-state index in [-0.39, 0.29) is 11.9 Å². The number of hydrogen-bond donors (Lipinski definition) is 0. The lowest BCUT2D eigenvalue weighted by Gasteiger charge is -2.44. The van der Waals surface area contributed by atoms with Crippen molar-refractivity contribution in [1.82, 2.24) is 0 Å². The van der Waals surface area contributed by atoms with Crippen LogP contribution >= 0.6 is 0 Å². The van der Waals surface area contributed by atoms with Crippen LogP contribution in [0.25, 0.3) is 0 Å². The zero-order chi connectivity index (χ0) is 12.6. The highest BCUT2D eigenvalue weighted by Crippen LogP contribution is 2.40. The highest BCUT2D eigenvalue weighted by atomic mass is 16.7. The maximum atomic E-state index is 6.14. The Hall–Kier alpha value is -0.340. The van der Waals surface area contributed by atoms with Crippen molar-refractivity contribution in [2.75, 3.05) is 6.61 Å². The van der Waals surface area contributed by atoms with Crippen LogP contribution in [-0.4, -0.2) is 18.5 Å². The predicted molar refractivity (Wildman–Crippen MR) is 69.7 cm³/mol. The Bertz CT molecular complexity index is 306. The summed E-state index contributed by atoms with van der Waals surface area (Å²) in [7, 11) is 0. The molecule has 0 saturated carbocycles. The maximum absolute atomic E-state index is 6.14. The van der Waals surface area contributed by atoms with Crippen LogP contribution in [-0.2, 0) is 9.47 Å². The summed E-state index contributed by atoms with van der Waals surface area (Å²) in [6, 6.07) is 0. The molecule has 1 aliphatic heterocycles. The Balaban J connectivity index is 2.11. The van der Waals surface area contributed by atoms with Gasteiger partial charge in [0.05, 0.1) is 12.2 Å². The average molecular weight is 238 g/mol. The van der Waals surface area contributed by atoms with Gasteiger partial charge in [0.2, 0.25) is 0 Å². The number of ether oxygens (including phenoxy) is 2. The summed E-state index contributed by atoms with van der Waals surface area (Å²) >= 11 is 0. The molecule has 98 valence electrons. The quantitative estimate of drug-likeness (QED) is 0.647. The predicted octanol–water partition coefficient (Wildman–Crippen LogP) is 3.77. The molecule has 1 aliphatic carbocycles. The van der Waals surface area contributed by atoms with Crippen molar-refractivity contribution in [2.24, 2.45) is 17.8 Å². The Morgan fingerprint density at radius 2 is 2.00 bits per heavy atom. The van der Waals surface area contributed by atoms with Crippen LogP contribution in [0.15, 0.2) is 11.6 Å². The zero-order valence-electron chi connectivity index (χ0n) is 11.8. The molecule has 0 unspecified atom stereocenters. The molecular formula is C15H26O2. The molecule has 0 spiro atoms. The lowest BCUT2D eigenvalue weighted by atomic mass is 9.74. The number of allylic oxidation sites excluding steroid dienone is 2. The molecule has 2 aliphatic rings. The van der Waals surface area contributed by atoms with Gasteiger partial charge in [-0.15, -0.1) is 0 Å². The fourth-order valence-electron chi connectivity index (χ4n) is 3.32. The van der Waals surface area contributed by atoms with E-state index in [0.29, 0.717) is 17.8 Å². The van der Waals surface area contributed by atoms with Crippen LogP contribution in [0.4, 0.5) is 0 Å². The monoisotopic (exact) mass is 238 g/mol. The van der Waals surface area contributed by atoms with E-state index in [2.05, 4.69) is 40.7 Å². The second-order valence-electron chi connectivity index (χ2n) is 6.50. The van der Waals surface area contributed by atoms with Gasteiger partial charge in [0.15, 0.2) is 6.29 Å². The molecule has 2 heteroatoms. The first-order chi connectivity index (χ1) is 7.89. The zero-order valence-corrected chi connectivity index (χ0v) is 11.8. The van der Waals surface area contributed by atoms with E-state index < -0.39 is 0 Å². The fraction of sp³-hybridized carbons (Fsp3) is 0.867. The average Bonchev–Trinajstić information content (AvgIpc) is 2.13. The molecule has 1 fully saturated rings. The van der Waals surface area contributed by atoms with Gasteiger partial charge >= 0.3 is 0 Å². The molecule has 0 aromatic heterocycles. The van der Waals surface area contributed by atoms with Crippen LogP contribution in [0.5, 0.6) is 0 Å². The summed E-state index contributed by atoms with van der Waals surface area (Å²) in [6.45, 7) is 12.0. The maximum Gasteiger partial charge on any atom is 0.161 e. The summed E-state index contributed by atoms with van der Waals surface area (Å²) in [5, 5.41) is 0. The van der Waals surface area contributed by atoms with Crippen molar-refractivity contribution in [3.05, 3.63) is 11.6 Å². The van der Waals surface area contributed by atoms with E-state index in [4.69, 9.17) is 9.47 Å². The molecule has 0 bridgehead atoms. The van der Waals surface area contributed by atoms with E-state index in [9.17, 15) is 0 Å². The van der Waals surface area contributed by atoms with Crippen LogP contribution < -0.4 is 0 Å². The molecule has 0 amide bonds. The molecule has 0 radical (unpaired) electrons. The largest absolute Gasteiger partial charge is 0.352 e. The molecule has 0 aromatic rings. The van der Waals surface area contributed by atoms with E-state index in [0.717, 1.165) is 13.0 Å². The van der Waals surface area contributed by atoms with Crippen LogP contribution in [0.2, 0.25) is 0 Å². The smallest absolute Gasteiger partial charge is 0.161 e. The molecule has 0 N–H and O–H groups in total. The third-order valence-corrected chi connectivity index (χ3v) is 4.19. The highest BCUT2D eigenvalue weighted by molar-refractivity contribution is 5.09. The van der Waals surface area contributed by atoms with E-state index in [1.54, 1.807) is 0 Å². The van der Waals surface area contributed by atoms with E-state index >= 15 is 0 Å². The van der Waals surface area contributed by atoms with Gasteiger partial charge in [0.1, 0.15) is 0 Å². The van der Waals surface area contributed by atoms with Gasteiger partial charge in [-0.2, -0.15) is 0 Å². The summed E-state index contributed by atoms with van der Waals surface area (Å²) in [4.78, 5) is 0. The third kappa shape index (κ3) is 2.92. The lowest BCUT2D eigenvalue weighted by Crippen LogP contribution is -2.46. The summed E-state index contributed by atoms with van der Waals surface area (Å²) < 4.78 is 12.0. The molecule has 0 aromatic carbocycles. The SMILES string of the molecule is CC1=C[C@H](C)[C@H]([C@H]2OCCC(C)(C)O2)[C@H](C)C1. The summed E-state index contributed by atoms with van der Waals surface area (Å²) in [5.41, 5.74) is 1.48. The first-order valence-electron chi connectivity index (χ1n) is 6.86. The molecule has 4 atom stereocenters. The third-order valence-electron chi connectivity index (χ3n) is 4.19. The molecule has 1 heterocycles. The lowest BCUT2D eigenvalue weighted by molar-refractivity contribution is -0.275. The van der Waals surface area contributed by atoms with Gasteiger partial charge in [-0.1, -0.05) is 25.5 Å². The summed E-state index contributed by atoms with van der Waals surface area (Å²) in [6.07, 6.45) is 4.54. The summed E-state index contributed by atoms with van der Waals surface area (Å²) in [5.74, 6) is 1.70. The van der Waals surface area contributed by atoms with Crippen molar-refractivity contribution < 1.29 is 9.47 Å². The van der Waals surface area contributed by atoms with Crippen molar-refractivity contribution in [1.29, 1.82) is 0 Å². The minimum absolute atomic E-state index is 0.0203. The van der Waals surface area contributed by atoms with Gasteiger partial charge in [0.25, 0.3) is 0 Å². The Labute approximate surface area is 105 Å². The Morgan fingerprint density at radius 3 is 2.59 bits per heavy atom. The molecule has 2 nitrogen and oxygen atoms in total. The molecule has 1 saturated heterocycles. The van der Waals surface area contributed by atoms with Crippen LogP contribution in [0, 0.1) is 17.8 Å². The van der Waals surface area contributed by atoms with Gasteiger partial charge in [0, 0.05) is 5.92 Å². The van der Waals surface area contributed by atoms with E-state index in [1.165, 1.54) is 12.0 Å². The van der Waals surface area contributed by atoms with Crippen molar-refractivity contribution in [2.45, 2.75) is 59.4 Å². The molecule has 17 heavy (non-hydrogen) atoms. The normalized spacial score (nSPS) is 42.1. The second-order valence-corrected chi connectivity index (χ2v) is 6.50. The van der Waals surface area contributed by atoms with E-state index in [1.807, 2.05) is 0 Å². The first-order valence-corrected chi connectivity index (χ1v) is 6.86. The topological polar surface area (TPSA) is 18.5 Å². The van der Waals surface area contributed by atoms with Gasteiger partial charge in [-0.3, -0.25) is 0 Å².